The van der Waals surface area contributed by atoms with Crippen LogP contribution in [0.3, 0.4) is 0 Å². The van der Waals surface area contributed by atoms with Crippen LogP contribution in [0.4, 0.5) is 10.1 Å². The van der Waals surface area contributed by atoms with Crippen molar-refractivity contribution in [2.75, 3.05) is 57.3 Å². The van der Waals surface area contributed by atoms with E-state index in [1.165, 1.54) is 6.07 Å². The predicted octanol–water partition coefficient (Wildman–Crippen LogP) is 4.36. The number of rotatable bonds is 11. The third-order valence-corrected chi connectivity index (χ3v) is 7.04. The van der Waals surface area contributed by atoms with E-state index in [4.69, 9.17) is 0 Å². The first-order valence-electron chi connectivity index (χ1n) is 13.3. The number of halogens is 1. The minimum Gasteiger partial charge on any atom is -0.367 e. The van der Waals surface area contributed by atoms with E-state index >= 15 is 4.39 Å². The first-order valence-corrected chi connectivity index (χ1v) is 13.3. The molecule has 0 saturated carbocycles. The average molecular weight is 497 g/mol. The fraction of sp³-hybridized carbons (Fsp3) is 0.517. The van der Waals surface area contributed by atoms with Crippen molar-refractivity contribution in [2.24, 2.45) is 0 Å². The average Bonchev–Trinajstić information content (AvgIpc) is 2.89. The molecule has 1 unspecified atom stereocenters. The van der Waals surface area contributed by atoms with Gasteiger partial charge in [-0.15, -0.1) is 0 Å². The summed E-state index contributed by atoms with van der Waals surface area (Å²) in [5.74, 6) is -0.153. The number of benzene rings is 2. The second-order valence-electron chi connectivity index (χ2n) is 9.28. The Morgan fingerprint density at radius 1 is 0.889 bits per heavy atom. The van der Waals surface area contributed by atoms with E-state index in [-0.39, 0.29) is 30.1 Å². The molecule has 1 saturated heterocycles. The maximum Gasteiger partial charge on any atom is 0.244 e. The van der Waals surface area contributed by atoms with Gasteiger partial charge in [-0.3, -0.25) is 14.5 Å². The van der Waals surface area contributed by atoms with Gasteiger partial charge in [0.05, 0.1) is 12.1 Å². The van der Waals surface area contributed by atoms with E-state index in [0.717, 1.165) is 18.5 Å². The van der Waals surface area contributed by atoms with Crippen molar-refractivity contribution < 1.29 is 14.0 Å². The molecule has 196 valence electrons. The zero-order valence-electron chi connectivity index (χ0n) is 22.3. The molecule has 6 nitrogen and oxygen atoms in total. The van der Waals surface area contributed by atoms with Crippen LogP contribution >= 0.6 is 0 Å². The molecule has 1 aliphatic rings. The van der Waals surface area contributed by atoms with Crippen molar-refractivity contribution in [1.82, 2.24) is 14.7 Å². The van der Waals surface area contributed by atoms with Gasteiger partial charge in [0.15, 0.2) is 0 Å². The SMILES string of the molecule is CCCN(CC)C(=O)Cc1ccc(N2CCN(C(C(=O)N(CC)CC)c3ccccc3)CC2)c(F)c1. The highest BCUT2D eigenvalue weighted by molar-refractivity contribution is 5.83. The largest absolute Gasteiger partial charge is 0.367 e. The molecule has 1 atom stereocenters. The van der Waals surface area contributed by atoms with Gasteiger partial charge in [0.25, 0.3) is 0 Å². The van der Waals surface area contributed by atoms with Crippen LogP contribution < -0.4 is 4.90 Å². The van der Waals surface area contributed by atoms with Gasteiger partial charge in [-0.1, -0.05) is 43.3 Å². The van der Waals surface area contributed by atoms with Gasteiger partial charge in [0.2, 0.25) is 11.8 Å². The normalized spacial score (nSPS) is 15.0. The molecule has 0 bridgehead atoms. The molecule has 2 amide bonds. The van der Waals surface area contributed by atoms with Crippen molar-refractivity contribution in [3.63, 3.8) is 0 Å². The van der Waals surface area contributed by atoms with Crippen molar-refractivity contribution in [2.45, 2.75) is 46.6 Å². The van der Waals surface area contributed by atoms with Gasteiger partial charge in [-0.25, -0.2) is 4.39 Å². The third-order valence-electron chi connectivity index (χ3n) is 7.04. The van der Waals surface area contributed by atoms with Crippen LogP contribution in [0.1, 0.15) is 51.3 Å². The summed E-state index contributed by atoms with van der Waals surface area (Å²) >= 11 is 0. The molecule has 1 aliphatic heterocycles. The molecule has 1 fully saturated rings. The highest BCUT2D eigenvalue weighted by atomic mass is 19.1. The van der Waals surface area contributed by atoms with Gasteiger partial charge >= 0.3 is 0 Å². The summed E-state index contributed by atoms with van der Waals surface area (Å²) in [5.41, 5.74) is 2.24. The lowest BCUT2D eigenvalue weighted by Gasteiger charge is -2.41. The second kappa shape index (κ2) is 13.4. The molecule has 0 radical (unpaired) electrons. The van der Waals surface area contributed by atoms with E-state index in [1.54, 1.807) is 6.07 Å². The maximum absolute atomic E-state index is 15.1. The molecule has 7 heteroatoms. The zero-order chi connectivity index (χ0) is 26.1. The van der Waals surface area contributed by atoms with Crippen LogP contribution in [0.25, 0.3) is 0 Å². The fourth-order valence-electron chi connectivity index (χ4n) is 5.01. The lowest BCUT2D eigenvalue weighted by molar-refractivity contribution is -0.137. The zero-order valence-corrected chi connectivity index (χ0v) is 22.3. The molecule has 2 aromatic carbocycles. The van der Waals surface area contributed by atoms with E-state index in [0.29, 0.717) is 57.1 Å². The first-order chi connectivity index (χ1) is 17.4. The minimum atomic E-state index is -0.337. The molecule has 3 rings (SSSR count). The number of nitrogens with zero attached hydrogens (tertiary/aromatic N) is 4. The molecule has 0 aliphatic carbocycles. The Balaban J connectivity index is 1.69. The summed E-state index contributed by atoms with van der Waals surface area (Å²) in [5, 5.41) is 0. The minimum absolute atomic E-state index is 0.0323. The van der Waals surface area contributed by atoms with E-state index in [1.807, 2.05) is 78.8 Å². The van der Waals surface area contributed by atoms with Crippen LogP contribution in [-0.2, 0) is 16.0 Å². The summed E-state index contributed by atoms with van der Waals surface area (Å²) in [4.78, 5) is 33.9. The Labute approximate surface area is 215 Å². The predicted molar refractivity (Wildman–Crippen MR) is 144 cm³/mol. The van der Waals surface area contributed by atoms with E-state index in [9.17, 15) is 9.59 Å². The van der Waals surface area contributed by atoms with Crippen molar-refractivity contribution in [3.05, 3.63) is 65.5 Å². The van der Waals surface area contributed by atoms with Gasteiger partial charge in [0.1, 0.15) is 11.9 Å². The number of piperazine rings is 1. The summed E-state index contributed by atoms with van der Waals surface area (Å²) < 4.78 is 15.1. The van der Waals surface area contributed by atoms with Gasteiger partial charge < -0.3 is 14.7 Å². The Bertz CT molecular complexity index is 988. The van der Waals surface area contributed by atoms with E-state index in [2.05, 4.69) is 4.90 Å². The lowest BCUT2D eigenvalue weighted by atomic mass is 10.0. The van der Waals surface area contributed by atoms with Gasteiger partial charge in [-0.05, 0) is 50.5 Å². The number of anilines is 1. The highest BCUT2D eigenvalue weighted by Gasteiger charge is 2.33. The lowest BCUT2D eigenvalue weighted by Crippen LogP contribution is -2.52. The quantitative estimate of drug-likeness (QED) is 0.464. The number of hydrogen-bond donors (Lipinski definition) is 0. The monoisotopic (exact) mass is 496 g/mol. The Kier molecular flexibility index (Phi) is 10.3. The first kappa shape index (κ1) is 27.7. The molecule has 0 aromatic heterocycles. The number of likely N-dealkylation sites (N-methyl/N-ethyl adjacent to an activating group) is 2. The smallest absolute Gasteiger partial charge is 0.244 e. The maximum atomic E-state index is 15.1. The molecule has 0 spiro atoms. The summed E-state index contributed by atoms with van der Waals surface area (Å²) in [6.45, 7) is 13.3. The molecule has 1 heterocycles. The van der Waals surface area contributed by atoms with Gasteiger partial charge in [-0.2, -0.15) is 0 Å². The highest BCUT2D eigenvalue weighted by Crippen LogP contribution is 2.28. The van der Waals surface area contributed by atoms with Crippen LogP contribution in [0.15, 0.2) is 48.5 Å². The Hall–Kier alpha value is -2.93. The van der Waals surface area contributed by atoms with Crippen LogP contribution in [0.5, 0.6) is 0 Å². The molecule has 0 N–H and O–H groups in total. The van der Waals surface area contributed by atoms with Crippen molar-refractivity contribution in [3.8, 4) is 0 Å². The molecule has 36 heavy (non-hydrogen) atoms. The summed E-state index contributed by atoms with van der Waals surface area (Å²) in [6.07, 6.45) is 1.12. The third kappa shape index (κ3) is 6.64. The van der Waals surface area contributed by atoms with Crippen molar-refractivity contribution >= 4 is 17.5 Å². The van der Waals surface area contributed by atoms with Crippen LogP contribution in [0, 0.1) is 5.82 Å². The summed E-state index contributed by atoms with van der Waals surface area (Å²) in [7, 11) is 0. The molecule has 2 aromatic rings. The fourth-order valence-corrected chi connectivity index (χ4v) is 5.01. The number of carbonyl (C=O) groups is 2. The molecular weight excluding hydrogens is 455 g/mol. The number of amides is 2. The Morgan fingerprint density at radius 3 is 2.08 bits per heavy atom. The summed E-state index contributed by atoms with van der Waals surface area (Å²) in [6, 6.07) is 14.7. The van der Waals surface area contributed by atoms with Gasteiger partial charge in [0, 0.05) is 52.4 Å². The number of carbonyl (C=O) groups excluding carboxylic acids is 2. The topological polar surface area (TPSA) is 47.1 Å². The Morgan fingerprint density at radius 2 is 1.53 bits per heavy atom. The second-order valence-corrected chi connectivity index (χ2v) is 9.28. The van der Waals surface area contributed by atoms with Crippen LogP contribution in [0.2, 0.25) is 0 Å². The number of hydrogen-bond acceptors (Lipinski definition) is 4. The van der Waals surface area contributed by atoms with Crippen LogP contribution in [-0.4, -0.2) is 78.9 Å². The van der Waals surface area contributed by atoms with Crippen molar-refractivity contribution in [1.29, 1.82) is 0 Å². The molecular formula is C29H41FN4O2. The standard InChI is InChI=1S/C29H41FN4O2/c1-5-16-32(8-4)27(35)22-23-14-15-26(25(30)21-23)33-17-19-34(20-18-33)28(24-12-10-9-11-13-24)29(36)31(6-2)7-3/h9-15,21,28H,5-8,16-20,22H2,1-4H3. The van der Waals surface area contributed by atoms with E-state index < -0.39 is 0 Å².